The summed E-state index contributed by atoms with van der Waals surface area (Å²) in [5, 5.41) is 5.79. The number of hydrogen-bond donors (Lipinski definition) is 2. The Morgan fingerprint density at radius 1 is 1.30 bits per heavy atom. The van der Waals surface area contributed by atoms with Crippen LogP contribution in [-0.4, -0.2) is 19.0 Å². The van der Waals surface area contributed by atoms with E-state index >= 15 is 0 Å². The molecule has 2 N–H and O–H groups in total. The topological polar surface area (TPSA) is 41.1 Å². The van der Waals surface area contributed by atoms with Crippen LogP contribution >= 0.6 is 12.4 Å². The van der Waals surface area contributed by atoms with E-state index < -0.39 is 11.7 Å². The average Bonchev–Trinajstić information content (AvgIpc) is 2.25. The van der Waals surface area contributed by atoms with Crippen molar-refractivity contribution in [1.82, 2.24) is 10.6 Å². The molecule has 1 amide bonds. The van der Waals surface area contributed by atoms with Gasteiger partial charge in [0.15, 0.2) is 0 Å². The predicted molar refractivity (Wildman–Crippen MR) is 71.6 cm³/mol. The lowest BCUT2D eigenvalue weighted by molar-refractivity contribution is -0.137. The predicted octanol–water partition coefficient (Wildman–Crippen LogP) is 2.52. The molecule has 0 spiro atoms. The van der Waals surface area contributed by atoms with E-state index in [1.54, 1.807) is 6.92 Å². The summed E-state index contributed by atoms with van der Waals surface area (Å²) in [6, 6.07) is 4.56. The smallest absolute Gasteiger partial charge is 0.349 e. The lowest BCUT2D eigenvalue weighted by atomic mass is 10.0. The third kappa shape index (κ3) is 3.86. The van der Waals surface area contributed by atoms with E-state index in [1.807, 2.05) is 0 Å². The van der Waals surface area contributed by atoms with Gasteiger partial charge in [-0.15, -0.1) is 12.4 Å². The fraction of sp³-hybridized carbons (Fsp3) is 0.462. The number of nitrogens with one attached hydrogen (secondary N) is 2. The van der Waals surface area contributed by atoms with Gasteiger partial charge in [-0.05, 0) is 24.6 Å². The fourth-order valence-corrected chi connectivity index (χ4v) is 1.85. The number of benzene rings is 1. The number of carbonyl (C=O) groups is 1. The van der Waals surface area contributed by atoms with Gasteiger partial charge in [0.05, 0.1) is 17.5 Å². The van der Waals surface area contributed by atoms with Crippen LogP contribution in [0.5, 0.6) is 0 Å². The minimum atomic E-state index is -4.33. The van der Waals surface area contributed by atoms with Crippen molar-refractivity contribution < 1.29 is 18.0 Å². The zero-order valence-corrected chi connectivity index (χ0v) is 11.6. The van der Waals surface area contributed by atoms with Crippen LogP contribution in [0.4, 0.5) is 13.2 Å². The second kappa shape index (κ2) is 6.45. The molecule has 20 heavy (non-hydrogen) atoms. The van der Waals surface area contributed by atoms with E-state index in [-0.39, 0.29) is 30.3 Å². The van der Waals surface area contributed by atoms with E-state index in [9.17, 15) is 18.0 Å². The highest BCUT2D eigenvalue weighted by Crippen LogP contribution is 2.29. The maximum Gasteiger partial charge on any atom is 0.416 e. The first-order chi connectivity index (χ1) is 8.88. The maximum atomic E-state index is 12.4. The number of carbonyl (C=O) groups excluding carboxylic acids is 1. The Morgan fingerprint density at radius 3 is 2.25 bits per heavy atom. The Kier molecular flexibility index (Phi) is 5.42. The second-order valence-corrected chi connectivity index (χ2v) is 4.71. The zero-order valence-electron chi connectivity index (χ0n) is 10.8. The Balaban J connectivity index is 0.00000200. The summed E-state index contributed by atoms with van der Waals surface area (Å²) in [6.45, 7) is 3.07. The van der Waals surface area contributed by atoms with Gasteiger partial charge < -0.3 is 10.6 Å². The summed E-state index contributed by atoms with van der Waals surface area (Å²) < 4.78 is 37.2. The van der Waals surface area contributed by atoms with Crippen molar-refractivity contribution in [3.05, 3.63) is 35.4 Å². The maximum absolute atomic E-state index is 12.4. The average molecular weight is 309 g/mol. The Morgan fingerprint density at radius 2 is 1.85 bits per heavy atom. The van der Waals surface area contributed by atoms with Crippen LogP contribution in [0.1, 0.15) is 24.1 Å². The number of hydrogen-bond acceptors (Lipinski definition) is 2. The molecular weight excluding hydrogens is 293 g/mol. The Hall–Kier alpha value is -1.27. The highest BCUT2D eigenvalue weighted by atomic mass is 35.5. The highest BCUT2D eigenvalue weighted by Gasteiger charge is 2.30. The van der Waals surface area contributed by atoms with Crippen molar-refractivity contribution in [2.24, 2.45) is 5.92 Å². The van der Waals surface area contributed by atoms with Gasteiger partial charge in [0.25, 0.3) is 0 Å². The molecule has 0 radical (unpaired) electrons. The first-order valence-corrected chi connectivity index (χ1v) is 6.06. The first kappa shape index (κ1) is 16.8. The number of amides is 1. The van der Waals surface area contributed by atoms with Crippen LogP contribution in [-0.2, 0) is 11.0 Å². The van der Waals surface area contributed by atoms with Crippen molar-refractivity contribution in [3.63, 3.8) is 0 Å². The minimum absolute atomic E-state index is 0. The standard InChI is InChI=1S/C13H15F3N2O.ClH/c1-8(18-12(19)10-6-17-7-10)9-2-4-11(5-3-9)13(14,15)16;/h2-5,8,10,17H,6-7H2,1H3,(H,18,19);1H. The summed E-state index contributed by atoms with van der Waals surface area (Å²) in [5.74, 6) is -0.0944. The molecule has 0 aromatic heterocycles. The summed E-state index contributed by atoms with van der Waals surface area (Å²) in [7, 11) is 0. The quantitative estimate of drug-likeness (QED) is 0.901. The molecular formula is C13H16ClF3N2O. The van der Waals surface area contributed by atoms with Crippen LogP contribution in [0.2, 0.25) is 0 Å². The lowest BCUT2D eigenvalue weighted by Crippen LogP contribution is -2.51. The Labute approximate surface area is 121 Å². The Bertz CT molecular complexity index is 458. The number of rotatable bonds is 3. The van der Waals surface area contributed by atoms with Crippen molar-refractivity contribution in [1.29, 1.82) is 0 Å². The van der Waals surface area contributed by atoms with Gasteiger partial charge >= 0.3 is 6.18 Å². The summed E-state index contributed by atoms with van der Waals surface area (Å²) in [6.07, 6.45) is -4.33. The third-order valence-corrected chi connectivity index (χ3v) is 3.25. The normalized spacial score (nSPS) is 16.8. The van der Waals surface area contributed by atoms with Crippen LogP contribution < -0.4 is 10.6 Å². The number of halogens is 4. The van der Waals surface area contributed by atoms with Crippen molar-refractivity contribution >= 4 is 18.3 Å². The molecule has 1 aromatic carbocycles. The minimum Gasteiger partial charge on any atom is -0.349 e. The second-order valence-electron chi connectivity index (χ2n) is 4.71. The number of alkyl halides is 3. The van der Waals surface area contributed by atoms with Gasteiger partial charge in [-0.3, -0.25) is 4.79 Å². The fourth-order valence-electron chi connectivity index (χ4n) is 1.85. The largest absolute Gasteiger partial charge is 0.416 e. The summed E-state index contributed by atoms with van der Waals surface area (Å²) in [5.41, 5.74) is -0.0217. The molecule has 1 saturated heterocycles. The lowest BCUT2D eigenvalue weighted by Gasteiger charge is -2.27. The van der Waals surface area contributed by atoms with E-state index in [0.717, 1.165) is 12.1 Å². The van der Waals surface area contributed by atoms with E-state index in [2.05, 4.69) is 10.6 Å². The molecule has 1 heterocycles. The summed E-state index contributed by atoms with van der Waals surface area (Å²) >= 11 is 0. The van der Waals surface area contributed by atoms with Gasteiger partial charge in [0.2, 0.25) is 5.91 Å². The van der Waals surface area contributed by atoms with E-state index in [4.69, 9.17) is 0 Å². The van der Waals surface area contributed by atoms with Crippen LogP contribution in [0.25, 0.3) is 0 Å². The molecule has 0 bridgehead atoms. The molecule has 1 aromatic rings. The molecule has 1 fully saturated rings. The third-order valence-electron chi connectivity index (χ3n) is 3.25. The molecule has 1 aliphatic rings. The molecule has 2 rings (SSSR count). The van der Waals surface area contributed by atoms with Crippen LogP contribution in [0, 0.1) is 5.92 Å². The van der Waals surface area contributed by atoms with Gasteiger partial charge in [-0.1, -0.05) is 12.1 Å². The van der Waals surface area contributed by atoms with Gasteiger partial charge in [0.1, 0.15) is 0 Å². The molecule has 1 aliphatic heterocycles. The molecule has 112 valence electrons. The van der Waals surface area contributed by atoms with Crippen LogP contribution in [0.15, 0.2) is 24.3 Å². The molecule has 1 unspecified atom stereocenters. The van der Waals surface area contributed by atoms with Gasteiger partial charge in [-0.2, -0.15) is 13.2 Å². The van der Waals surface area contributed by atoms with E-state index in [0.29, 0.717) is 18.7 Å². The monoisotopic (exact) mass is 308 g/mol. The van der Waals surface area contributed by atoms with Crippen molar-refractivity contribution in [3.8, 4) is 0 Å². The zero-order chi connectivity index (χ0) is 14.0. The van der Waals surface area contributed by atoms with Crippen LogP contribution in [0.3, 0.4) is 0 Å². The molecule has 0 aliphatic carbocycles. The molecule has 3 nitrogen and oxygen atoms in total. The molecule has 7 heteroatoms. The SMILES string of the molecule is CC(NC(=O)C1CNC1)c1ccc(C(F)(F)F)cc1.Cl. The van der Waals surface area contributed by atoms with E-state index in [1.165, 1.54) is 12.1 Å². The van der Waals surface area contributed by atoms with Crippen molar-refractivity contribution in [2.45, 2.75) is 19.1 Å². The molecule has 0 saturated carbocycles. The van der Waals surface area contributed by atoms with Gasteiger partial charge in [0, 0.05) is 13.1 Å². The summed E-state index contributed by atoms with van der Waals surface area (Å²) in [4.78, 5) is 11.7. The molecule has 1 atom stereocenters. The first-order valence-electron chi connectivity index (χ1n) is 6.06. The highest BCUT2D eigenvalue weighted by molar-refractivity contribution is 5.85. The van der Waals surface area contributed by atoms with Gasteiger partial charge in [-0.25, -0.2) is 0 Å². The van der Waals surface area contributed by atoms with Crippen molar-refractivity contribution in [2.75, 3.05) is 13.1 Å².